The van der Waals surface area contributed by atoms with Crippen molar-refractivity contribution in [3.05, 3.63) is 5.82 Å². The molecule has 0 bridgehead atoms. The van der Waals surface area contributed by atoms with Crippen LogP contribution in [0.15, 0.2) is 0 Å². The second kappa shape index (κ2) is 8.33. The summed E-state index contributed by atoms with van der Waals surface area (Å²) in [7, 11) is 0. The maximum Gasteiger partial charge on any atom is 0.248 e. The van der Waals surface area contributed by atoms with E-state index in [2.05, 4.69) is 20.5 Å². The number of piperidine rings is 1. The zero-order valence-corrected chi connectivity index (χ0v) is 14.8. The maximum absolute atomic E-state index is 12.3. The second-order valence-electron chi connectivity index (χ2n) is 5.90. The Labute approximate surface area is 141 Å². The molecule has 2 heterocycles. The van der Waals surface area contributed by atoms with Gasteiger partial charge in [0.15, 0.2) is 0 Å². The Kier molecular flexibility index (Phi) is 6.44. The predicted molar refractivity (Wildman–Crippen MR) is 91.2 cm³/mol. The number of thioether (sulfide) groups is 1. The first-order chi connectivity index (χ1) is 11.0. The standard InChI is InChI=1S/C15H25N5O2S/c1-4-12-16-15(19-18-12)17-13(21)11-5-7-20(8-6-11)14(22)10(2)9-23-3/h10-11H,4-9H2,1-3H3,(H2,16,17,18,19,21). The van der Waals surface area contributed by atoms with Gasteiger partial charge >= 0.3 is 0 Å². The van der Waals surface area contributed by atoms with Crippen molar-refractivity contribution in [3.8, 4) is 0 Å². The van der Waals surface area contributed by atoms with Crippen molar-refractivity contribution in [2.24, 2.45) is 11.8 Å². The molecule has 0 aliphatic carbocycles. The third-order valence-corrected chi connectivity index (χ3v) is 4.95. The van der Waals surface area contributed by atoms with Crippen LogP contribution in [0.25, 0.3) is 0 Å². The highest BCUT2D eigenvalue weighted by Gasteiger charge is 2.29. The van der Waals surface area contributed by atoms with Gasteiger partial charge in [0.1, 0.15) is 5.82 Å². The number of nitrogens with one attached hydrogen (secondary N) is 2. The van der Waals surface area contributed by atoms with Crippen LogP contribution >= 0.6 is 11.8 Å². The topological polar surface area (TPSA) is 91.0 Å². The molecule has 1 saturated heterocycles. The fourth-order valence-corrected chi connectivity index (χ4v) is 3.36. The number of carbonyl (C=O) groups excluding carboxylic acids is 2. The fraction of sp³-hybridized carbons (Fsp3) is 0.733. The summed E-state index contributed by atoms with van der Waals surface area (Å²) in [6.45, 7) is 5.22. The van der Waals surface area contributed by atoms with E-state index in [0.29, 0.717) is 31.9 Å². The van der Waals surface area contributed by atoms with Gasteiger partial charge < -0.3 is 4.90 Å². The van der Waals surface area contributed by atoms with E-state index in [1.165, 1.54) is 0 Å². The Hall–Kier alpha value is -1.57. The average molecular weight is 339 g/mol. The minimum atomic E-state index is -0.0847. The second-order valence-corrected chi connectivity index (χ2v) is 6.82. The van der Waals surface area contributed by atoms with Crippen molar-refractivity contribution < 1.29 is 9.59 Å². The van der Waals surface area contributed by atoms with Crippen molar-refractivity contribution >= 4 is 29.5 Å². The van der Waals surface area contributed by atoms with Gasteiger partial charge in [0, 0.05) is 37.1 Å². The van der Waals surface area contributed by atoms with Crippen molar-refractivity contribution in [2.45, 2.75) is 33.1 Å². The highest BCUT2D eigenvalue weighted by Crippen LogP contribution is 2.21. The van der Waals surface area contributed by atoms with Crippen LogP contribution in [0, 0.1) is 11.8 Å². The molecule has 2 amide bonds. The number of H-pyrrole nitrogens is 1. The molecule has 0 saturated carbocycles. The number of anilines is 1. The number of nitrogens with zero attached hydrogens (tertiary/aromatic N) is 3. The summed E-state index contributed by atoms with van der Waals surface area (Å²) >= 11 is 1.68. The van der Waals surface area contributed by atoms with Gasteiger partial charge in [0.2, 0.25) is 17.8 Å². The van der Waals surface area contributed by atoms with E-state index in [9.17, 15) is 9.59 Å². The number of hydrogen-bond acceptors (Lipinski definition) is 5. The Morgan fingerprint density at radius 3 is 2.70 bits per heavy atom. The molecule has 0 aromatic carbocycles. The third-order valence-electron chi connectivity index (χ3n) is 4.12. The molecule has 0 spiro atoms. The zero-order chi connectivity index (χ0) is 16.8. The first-order valence-corrected chi connectivity index (χ1v) is 9.44. The quantitative estimate of drug-likeness (QED) is 0.820. The number of aryl methyl sites for hydroxylation is 1. The number of rotatable bonds is 6. The van der Waals surface area contributed by atoms with E-state index in [1.807, 2.05) is 25.0 Å². The number of aromatic nitrogens is 3. The molecule has 1 unspecified atom stereocenters. The number of carbonyl (C=O) groups is 2. The summed E-state index contributed by atoms with van der Waals surface area (Å²) < 4.78 is 0. The van der Waals surface area contributed by atoms with Gasteiger partial charge in [0.25, 0.3) is 0 Å². The van der Waals surface area contributed by atoms with Crippen molar-refractivity contribution in [2.75, 3.05) is 30.4 Å². The van der Waals surface area contributed by atoms with Gasteiger partial charge in [0.05, 0.1) is 0 Å². The maximum atomic E-state index is 12.3. The Balaban J connectivity index is 1.81. The molecule has 0 radical (unpaired) electrons. The Bertz CT molecular complexity index is 540. The minimum absolute atomic E-state index is 0.0381. The number of hydrogen-bond donors (Lipinski definition) is 2. The molecule has 7 nitrogen and oxygen atoms in total. The van der Waals surface area contributed by atoms with E-state index in [1.54, 1.807) is 11.8 Å². The number of likely N-dealkylation sites (tertiary alicyclic amines) is 1. The van der Waals surface area contributed by atoms with E-state index in [4.69, 9.17) is 0 Å². The lowest BCUT2D eigenvalue weighted by Gasteiger charge is -2.32. The summed E-state index contributed by atoms with van der Waals surface area (Å²) in [5.74, 6) is 2.01. The number of aromatic amines is 1. The van der Waals surface area contributed by atoms with Crippen LogP contribution < -0.4 is 5.32 Å². The molecule has 8 heteroatoms. The van der Waals surface area contributed by atoms with Gasteiger partial charge in [-0.15, -0.1) is 5.10 Å². The van der Waals surface area contributed by atoms with Gasteiger partial charge in [-0.3, -0.25) is 20.0 Å². The predicted octanol–water partition coefficient (Wildman–Crippen LogP) is 1.54. The van der Waals surface area contributed by atoms with Crippen LogP contribution in [-0.2, 0) is 16.0 Å². The van der Waals surface area contributed by atoms with Crippen molar-refractivity contribution in [1.29, 1.82) is 0 Å². The minimum Gasteiger partial charge on any atom is -0.342 e. The molecule has 1 aliphatic heterocycles. The smallest absolute Gasteiger partial charge is 0.248 e. The summed E-state index contributed by atoms with van der Waals surface area (Å²) in [5.41, 5.74) is 0. The first kappa shape index (κ1) is 17.8. The normalized spacial score (nSPS) is 17.1. The van der Waals surface area contributed by atoms with Crippen LogP contribution in [0.3, 0.4) is 0 Å². The summed E-state index contributed by atoms with van der Waals surface area (Å²) in [4.78, 5) is 30.6. The van der Waals surface area contributed by atoms with Gasteiger partial charge in [-0.25, -0.2) is 0 Å². The Morgan fingerprint density at radius 1 is 1.43 bits per heavy atom. The van der Waals surface area contributed by atoms with Crippen molar-refractivity contribution in [1.82, 2.24) is 20.1 Å². The highest BCUT2D eigenvalue weighted by molar-refractivity contribution is 7.98. The van der Waals surface area contributed by atoms with Gasteiger partial charge in [-0.2, -0.15) is 16.7 Å². The zero-order valence-electron chi connectivity index (χ0n) is 14.0. The van der Waals surface area contributed by atoms with E-state index < -0.39 is 0 Å². The number of amides is 2. The molecule has 1 fully saturated rings. The van der Waals surface area contributed by atoms with Crippen LogP contribution in [0.2, 0.25) is 0 Å². The van der Waals surface area contributed by atoms with Gasteiger partial charge in [-0.1, -0.05) is 13.8 Å². The molecule has 2 N–H and O–H groups in total. The molecular formula is C15H25N5O2S. The monoisotopic (exact) mass is 339 g/mol. The summed E-state index contributed by atoms with van der Waals surface area (Å²) in [6.07, 6.45) is 4.13. The lowest BCUT2D eigenvalue weighted by atomic mass is 9.95. The highest BCUT2D eigenvalue weighted by atomic mass is 32.2. The molecule has 1 aromatic heterocycles. The summed E-state index contributed by atoms with van der Waals surface area (Å²) in [6, 6.07) is 0. The lowest BCUT2D eigenvalue weighted by Crippen LogP contribution is -2.44. The molecule has 128 valence electrons. The first-order valence-electron chi connectivity index (χ1n) is 8.05. The van der Waals surface area contributed by atoms with E-state index >= 15 is 0 Å². The summed E-state index contributed by atoms with van der Waals surface area (Å²) in [5, 5.41) is 9.51. The largest absolute Gasteiger partial charge is 0.342 e. The van der Waals surface area contributed by atoms with Gasteiger partial charge in [-0.05, 0) is 19.1 Å². The van der Waals surface area contributed by atoms with E-state index in [-0.39, 0.29) is 23.7 Å². The fourth-order valence-electron chi connectivity index (χ4n) is 2.72. The SMILES string of the molecule is CCc1nc(NC(=O)C2CCN(C(=O)C(C)CSC)CC2)n[nH]1. The van der Waals surface area contributed by atoms with Crippen LogP contribution in [-0.4, -0.2) is 57.0 Å². The lowest BCUT2D eigenvalue weighted by molar-refractivity contribution is -0.137. The Morgan fingerprint density at radius 2 is 2.13 bits per heavy atom. The van der Waals surface area contributed by atoms with Crippen LogP contribution in [0.5, 0.6) is 0 Å². The van der Waals surface area contributed by atoms with E-state index in [0.717, 1.165) is 18.0 Å². The molecule has 1 atom stereocenters. The molecule has 1 aliphatic rings. The van der Waals surface area contributed by atoms with Crippen molar-refractivity contribution in [3.63, 3.8) is 0 Å². The van der Waals surface area contributed by atoms with Crippen LogP contribution in [0.4, 0.5) is 5.95 Å². The third kappa shape index (κ3) is 4.70. The average Bonchev–Trinajstić information content (AvgIpc) is 3.02. The molecule has 23 heavy (non-hydrogen) atoms. The molecule has 2 rings (SSSR count). The molecular weight excluding hydrogens is 314 g/mol. The molecule has 1 aromatic rings. The van der Waals surface area contributed by atoms with Crippen LogP contribution in [0.1, 0.15) is 32.5 Å².